The number of carboxylic acid groups (broad SMARTS) is 1. The van der Waals surface area contributed by atoms with Crippen molar-refractivity contribution in [2.75, 3.05) is 5.32 Å². The maximum atomic E-state index is 13.2. The lowest BCUT2D eigenvalue weighted by atomic mass is 10.00. The molecule has 0 saturated heterocycles. The van der Waals surface area contributed by atoms with Crippen molar-refractivity contribution in [1.29, 1.82) is 0 Å². The molecule has 0 amide bonds. The molecule has 1 aromatic carbocycles. The summed E-state index contributed by atoms with van der Waals surface area (Å²) < 4.78 is 44.5. The molecular formula is C15H15ClF3NO3. The maximum Gasteiger partial charge on any atom is 0.448 e. The third-order valence-corrected chi connectivity index (χ3v) is 4.03. The predicted molar refractivity (Wildman–Crippen MR) is 80.7 cm³/mol. The Morgan fingerprint density at radius 3 is 2.65 bits per heavy atom. The van der Waals surface area contributed by atoms with E-state index in [9.17, 15) is 18.0 Å². The van der Waals surface area contributed by atoms with E-state index in [1.54, 1.807) is 6.07 Å². The molecule has 0 aliphatic carbocycles. The van der Waals surface area contributed by atoms with Crippen LogP contribution in [0.1, 0.15) is 25.8 Å². The van der Waals surface area contributed by atoms with Gasteiger partial charge in [0.2, 0.25) is 0 Å². The SMILES string of the molecule is CCC(C)Nc1ccc2c(c1)OC(Cl)(C(F)(F)F)C(C(=O)O)=C2. The number of nitrogens with one attached hydrogen (secondary N) is 1. The number of fused-ring (bicyclic) bond motifs is 1. The van der Waals surface area contributed by atoms with Crippen LogP contribution in [0.15, 0.2) is 23.8 Å². The van der Waals surface area contributed by atoms with Crippen molar-refractivity contribution in [2.45, 2.75) is 37.5 Å². The van der Waals surface area contributed by atoms with Gasteiger partial charge in [-0.3, -0.25) is 0 Å². The van der Waals surface area contributed by atoms with Crippen molar-refractivity contribution in [3.8, 4) is 5.75 Å². The second kappa shape index (κ2) is 5.96. The van der Waals surface area contributed by atoms with Crippen molar-refractivity contribution in [3.63, 3.8) is 0 Å². The molecule has 0 bridgehead atoms. The number of alkyl halides is 4. The molecule has 1 heterocycles. The zero-order valence-electron chi connectivity index (χ0n) is 12.4. The van der Waals surface area contributed by atoms with Gasteiger partial charge in [0.05, 0.1) is 0 Å². The minimum atomic E-state index is -5.09. The van der Waals surface area contributed by atoms with Crippen molar-refractivity contribution in [2.24, 2.45) is 0 Å². The summed E-state index contributed by atoms with van der Waals surface area (Å²) in [6.45, 7) is 3.88. The molecule has 4 nitrogen and oxygen atoms in total. The van der Waals surface area contributed by atoms with Crippen molar-refractivity contribution in [3.05, 3.63) is 29.3 Å². The first-order valence-corrected chi connectivity index (χ1v) is 7.27. The first kappa shape index (κ1) is 17.5. The zero-order chi connectivity index (χ0) is 17.4. The smallest absolute Gasteiger partial charge is 0.448 e. The van der Waals surface area contributed by atoms with Crippen LogP contribution in [0.2, 0.25) is 0 Å². The molecule has 0 radical (unpaired) electrons. The van der Waals surface area contributed by atoms with Crippen LogP contribution in [0, 0.1) is 0 Å². The van der Waals surface area contributed by atoms with Gasteiger partial charge in [-0.1, -0.05) is 18.5 Å². The van der Waals surface area contributed by atoms with Crippen LogP contribution in [0.4, 0.5) is 18.9 Å². The molecule has 2 N–H and O–H groups in total. The van der Waals surface area contributed by atoms with Gasteiger partial charge >= 0.3 is 17.2 Å². The topological polar surface area (TPSA) is 58.6 Å². The summed E-state index contributed by atoms with van der Waals surface area (Å²) >= 11 is 5.51. The van der Waals surface area contributed by atoms with E-state index in [1.807, 2.05) is 13.8 Å². The Labute approximate surface area is 135 Å². The highest BCUT2D eigenvalue weighted by Crippen LogP contribution is 2.48. The summed E-state index contributed by atoms with van der Waals surface area (Å²) in [6, 6.07) is 4.61. The molecule has 0 spiro atoms. The quantitative estimate of drug-likeness (QED) is 0.798. The van der Waals surface area contributed by atoms with Gasteiger partial charge in [-0.05, 0) is 31.6 Å². The second-order valence-electron chi connectivity index (χ2n) is 5.26. The average Bonchev–Trinajstić information content (AvgIpc) is 2.44. The standard InChI is InChI=1S/C15H15ClF3NO3/c1-3-8(2)20-10-5-4-9-6-11(13(21)22)14(16,15(17,18)19)23-12(9)7-10/h4-8,20H,3H2,1-2H3,(H,21,22). The third kappa shape index (κ3) is 3.24. The Balaban J connectivity index is 2.48. The van der Waals surface area contributed by atoms with Gasteiger partial charge < -0.3 is 15.2 Å². The fourth-order valence-corrected chi connectivity index (χ4v) is 2.30. The molecule has 1 aliphatic heterocycles. The van der Waals surface area contributed by atoms with E-state index in [0.717, 1.165) is 12.5 Å². The molecule has 0 aromatic heterocycles. The molecule has 2 atom stereocenters. The summed E-state index contributed by atoms with van der Waals surface area (Å²) in [5.41, 5.74) is -0.286. The Morgan fingerprint density at radius 2 is 2.13 bits per heavy atom. The fourth-order valence-electron chi connectivity index (χ4n) is 2.08. The van der Waals surface area contributed by atoms with Crippen LogP contribution < -0.4 is 10.1 Å². The second-order valence-corrected chi connectivity index (χ2v) is 5.80. The molecule has 126 valence electrons. The highest BCUT2D eigenvalue weighted by molar-refractivity contribution is 6.29. The lowest BCUT2D eigenvalue weighted by Crippen LogP contribution is -2.50. The van der Waals surface area contributed by atoms with Gasteiger partial charge in [-0.25, -0.2) is 4.79 Å². The van der Waals surface area contributed by atoms with Crippen LogP contribution in [0.25, 0.3) is 6.08 Å². The monoisotopic (exact) mass is 349 g/mol. The van der Waals surface area contributed by atoms with E-state index in [0.29, 0.717) is 5.69 Å². The largest absolute Gasteiger partial charge is 0.478 e. The Bertz CT molecular complexity index is 660. The van der Waals surface area contributed by atoms with E-state index in [2.05, 4.69) is 5.32 Å². The fraction of sp³-hybridized carbons (Fsp3) is 0.400. The van der Waals surface area contributed by atoms with Crippen LogP contribution >= 0.6 is 11.6 Å². The highest BCUT2D eigenvalue weighted by atomic mass is 35.5. The minimum Gasteiger partial charge on any atom is -0.478 e. The van der Waals surface area contributed by atoms with E-state index >= 15 is 0 Å². The number of aliphatic carboxylic acids is 1. The molecule has 23 heavy (non-hydrogen) atoms. The van der Waals surface area contributed by atoms with E-state index in [4.69, 9.17) is 21.4 Å². The van der Waals surface area contributed by atoms with Gasteiger partial charge in [0, 0.05) is 23.4 Å². The van der Waals surface area contributed by atoms with Crippen molar-refractivity contribution < 1.29 is 27.8 Å². The average molecular weight is 350 g/mol. The van der Waals surface area contributed by atoms with Crippen LogP contribution in [0.5, 0.6) is 5.75 Å². The molecular weight excluding hydrogens is 335 g/mol. The number of anilines is 1. The van der Waals surface area contributed by atoms with Crippen LogP contribution in [-0.4, -0.2) is 28.4 Å². The number of halogens is 4. The third-order valence-electron chi connectivity index (χ3n) is 3.53. The number of ether oxygens (including phenoxy) is 1. The minimum absolute atomic E-state index is 0.116. The molecule has 0 saturated carbocycles. The number of hydrogen-bond acceptors (Lipinski definition) is 3. The summed E-state index contributed by atoms with van der Waals surface area (Å²) in [5.74, 6) is -1.92. The lowest BCUT2D eigenvalue weighted by Gasteiger charge is -2.34. The number of benzene rings is 1. The maximum absolute atomic E-state index is 13.2. The summed E-state index contributed by atoms with van der Waals surface area (Å²) in [7, 11) is 0. The van der Waals surface area contributed by atoms with Crippen LogP contribution in [-0.2, 0) is 4.79 Å². The first-order chi connectivity index (χ1) is 10.6. The van der Waals surface area contributed by atoms with E-state index in [-0.39, 0.29) is 17.4 Å². The lowest BCUT2D eigenvalue weighted by molar-refractivity contribution is -0.204. The Kier molecular flexibility index (Phi) is 4.52. The van der Waals surface area contributed by atoms with E-state index < -0.39 is 22.8 Å². The number of rotatable bonds is 4. The zero-order valence-corrected chi connectivity index (χ0v) is 13.1. The van der Waals surface area contributed by atoms with Gasteiger partial charge in [0.25, 0.3) is 0 Å². The molecule has 0 fully saturated rings. The van der Waals surface area contributed by atoms with Gasteiger partial charge in [0.1, 0.15) is 11.3 Å². The summed E-state index contributed by atoms with van der Waals surface area (Å²) in [6.07, 6.45) is -3.38. The van der Waals surface area contributed by atoms with Gasteiger partial charge in [0.15, 0.2) is 0 Å². The predicted octanol–water partition coefficient (Wildman–Crippen LogP) is 4.25. The summed E-state index contributed by atoms with van der Waals surface area (Å²) in [4.78, 5) is 11.1. The van der Waals surface area contributed by atoms with Gasteiger partial charge in [-0.2, -0.15) is 13.2 Å². The van der Waals surface area contributed by atoms with Gasteiger partial charge in [-0.15, -0.1) is 0 Å². The van der Waals surface area contributed by atoms with Crippen molar-refractivity contribution in [1.82, 2.24) is 0 Å². The van der Waals surface area contributed by atoms with Crippen molar-refractivity contribution >= 4 is 29.3 Å². The molecule has 1 aliphatic rings. The molecule has 2 rings (SSSR count). The molecule has 1 aromatic rings. The van der Waals surface area contributed by atoms with E-state index in [1.165, 1.54) is 12.1 Å². The molecule has 2 unspecified atom stereocenters. The highest BCUT2D eigenvalue weighted by Gasteiger charge is 2.62. The summed E-state index contributed by atoms with van der Waals surface area (Å²) in [5, 5.41) is 8.71. The Morgan fingerprint density at radius 1 is 1.48 bits per heavy atom. The Hall–Kier alpha value is -1.89. The number of carbonyl (C=O) groups is 1. The van der Waals surface area contributed by atoms with Crippen LogP contribution in [0.3, 0.4) is 0 Å². The first-order valence-electron chi connectivity index (χ1n) is 6.89. The normalized spacial score (nSPS) is 21.7. The number of hydrogen-bond donors (Lipinski definition) is 2. The number of carboxylic acids is 1. The molecule has 8 heteroatoms.